The largest absolute Gasteiger partial charge is 0.393 e. The molecule has 2 aliphatic rings. The number of rotatable bonds is 2. The lowest BCUT2D eigenvalue weighted by molar-refractivity contribution is -0.0437. The van der Waals surface area contributed by atoms with Crippen LogP contribution in [-0.4, -0.2) is 37.0 Å². The number of aliphatic hydroxyl groups excluding tert-OH is 1. The van der Waals surface area contributed by atoms with E-state index in [0.717, 1.165) is 25.1 Å². The van der Waals surface area contributed by atoms with Gasteiger partial charge in [0.1, 0.15) is 6.07 Å². The maximum atomic E-state index is 10.3. The molecule has 0 amide bonds. The Morgan fingerprint density at radius 1 is 1.38 bits per heavy atom. The van der Waals surface area contributed by atoms with Crippen LogP contribution in [0.15, 0.2) is 18.2 Å². The Bertz CT molecular complexity index is 558. The van der Waals surface area contributed by atoms with E-state index in [4.69, 9.17) is 21.6 Å². The summed E-state index contributed by atoms with van der Waals surface area (Å²) >= 11 is 6.15. The van der Waals surface area contributed by atoms with Crippen LogP contribution >= 0.6 is 11.6 Å². The number of nitriles is 1. The summed E-state index contributed by atoms with van der Waals surface area (Å²) in [6, 6.07) is 7.93. The molecule has 3 atom stereocenters. The number of hydrogen-bond donors (Lipinski definition) is 1. The summed E-state index contributed by atoms with van der Waals surface area (Å²) in [6.07, 6.45) is 2.58. The van der Waals surface area contributed by atoms with Crippen LogP contribution in [-0.2, 0) is 4.74 Å². The number of nitrogens with zero attached hydrogens (tertiary/aromatic N) is 2. The molecule has 2 saturated heterocycles. The Kier molecular flexibility index (Phi) is 4.34. The molecular weight excluding hydrogens is 288 g/mol. The molecule has 0 spiro atoms. The Labute approximate surface area is 129 Å². The molecule has 5 heteroatoms. The quantitative estimate of drug-likeness (QED) is 0.912. The van der Waals surface area contributed by atoms with Crippen LogP contribution in [0.5, 0.6) is 0 Å². The highest BCUT2D eigenvalue weighted by Crippen LogP contribution is 2.35. The lowest BCUT2D eigenvalue weighted by Gasteiger charge is -2.38. The molecule has 0 bridgehead atoms. The number of aliphatic hydroxyl groups is 1. The van der Waals surface area contributed by atoms with E-state index in [1.165, 1.54) is 0 Å². The summed E-state index contributed by atoms with van der Waals surface area (Å²) < 4.78 is 5.55. The van der Waals surface area contributed by atoms with Crippen molar-refractivity contribution in [2.24, 2.45) is 5.92 Å². The highest BCUT2D eigenvalue weighted by Gasteiger charge is 2.37. The van der Waals surface area contributed by atoms with Gasteiger partial charge in [-0.25, -0.2) is 0 Å². The fourth-order valence-electron chi connectivity index (χ4n) is 3.45. The van der Waals surface area contributed by atoms with Crippen LogP contribution in [0.3, 0.4) is 0 Å². The van der Waals surface area contributed by atoms with E-state index in [-0.39, 0.29) is 18.1 Å². The zero-order chi connectivity index (χ0) is 14.8. The van der Waals surface area contributed by atoms with Crippen molar-refractivity contribution in [2.45, 2.75) is 31.4 Å². The molecule has 2 aliphatic heterocycles. The Morgan fingerprint density at radius 3 is 2.95 bits per heavy atom. The number of halogens is 1. The van der Waals surface area contributed by atoms with Crippen molar-refractivity contribution in [3.05, 3.63) is 28.8 Å². The van der Waals surface area contributed by atoms with E-state index in [2.05, 4.69) is 11.0 Å². The van der Waals surface area contributed by atoms with Gasteiger partial charge in [0.25, 0.3) is 0 Å². The lowest BCUT2D eigenvalue weighted by Crippen LogP contribution is -2.46. The first-order valence-corrected chi connectivity index (χ1v) is 7.80. The minimum atomic E-state index is -0.293. The second kappa shape index (κ2) is 6.23. The smallest absolute Gasteiger partial charge is 0.101 e. The molecule has 2 heterocycles. The molecular formula is C16H19ClN2O2. The minimum Gasteiger partial charge on any atom is -0.393 e. The first-order valence-electron chi connectivity index (χ1n) is 7.43. The molecule has 4 nitrogen and oxygen atoms in total. The van der Waals surface area contributed by atoms with Gasteiger partial charge in [-0.05, 0) is 37.5 Å². The first-order chi connectivity index (χ1) is 10.2. The highest BCUT2D eigenvalue weighted by atomic mass is 35.5. The highest BCUT2D eigenvalue weighted by molar-refractivity contribution is 6.32. The van der Waals surface area contributed by atoms with Crippen LogP contribution in [0.25, 0.3) is 0 Å². The van der Waals surface area contributed by atoms with Gasteiger partial charge in [-0.1, -0.05) is 11.6 Å². The standard InChI is InChI=1S/C16H19ClN2O2/c17-14-8-12(4-3-11(14)9-18)19-6-1-2-15(19)13-10-21-7-5-16(13)20/h3-4,8,13,15-16,20H,1-2,5-7,10H2. The van der Waals surface area contributed by atoms with Gasteiger partial charge in [0.2, 0.25) is 0 Å². The number of ether oxygens (including phenoxy) is 1. The molecule has 3 rings (SSSR count). The summed E-state index contributed by atoms with van der Waals surface area (Å²) in [6.45, 7) is 2.22. The van der Waals surface area contributed by atoms with Crippen molar-refractivity contribution in [1.82, 2.24) is 0 Å². The fraction of sp³-hybridized carbons (Fsp3) is 0.562. The van der Waals surface area contributed by atoms with Crippen LogP contribution in [0.2, 0.25) is 5.02 Å². The third kappa shape index (κ3) is 2.87. The van der Waals surface area contributed by atoms with Crippen molar-refractivity contribution >= 4 is 17.3 Å². The third-order valence-corrected chi connectivity index (χ3v) is 4.87. The second-order valence-corrected chi connectivity index (χ2v) is 6.18. The third-order valence-electron chi connectivity index (χ3n) is 4.56. The van der Waals surface area contributed by atoms with E-state index in [0.29, 0.717) is 30.2 Å². The van der Waals surface area contributed by atoms with Crippen molar-refractivity contribution in [3.8, 4) is 6.07 Å². The zero-order valence-corrected chi connectivity index (χ0v) is 12.6. The molecule has 1 aromatic rings. The Morgan fingerprint density at radius 2 is 2.24 bits per heavy atom. The van der Waals surface area contributed by atoms with Crippen molar-refractivity contribution in [2.75, 3.05) is 24.7 Å². The van der Waals surface area contributed by atoms with E-state index in [1.807, 2.05) is 12.1 Å². The van der Waals surface area contributed by atoms with Gasteiger partial charge in [-0.3, -0.25) is 0 Å². The SMILES string of the molecule is N#Cc1ccc(N2CCCC2C2COCCC2O)cc1Cl. The van der Waals surface area contributed by atoms with Gasteiger partial charge < -0.3 is 14.7 Å². The maximum Gasteiger partial charge on any atom is 0.101 e. The molecule has 2 fully saturated rings. The minimum absolute atomic E-state index is 0.149. The lowest BCUT2D eigenvalue weighted by atomic mass is 9.89. The molecule has 0 saturated carbocycles. The van der Waals surface area contributed by atoms with Gasteiger partial charge >= 0.3 is 0 Å². The van der Waals surface area contributed by atoms with Crippen molar-refractivity contribution < 1.29 is 9.84 Å². The molecule has 0 aromatic heterocycles. The van der Waals surface area contributed by atoms with E-state index >= 15 is 0 Å². The van der Waals surface area contributed by atoms with Crippen LogP contribution < -0.4 is 4.90 Å². The van der Waals surface area contributed by atoms with Gasteiger partial charge in [0.15, 0.2) is 0 Å². The van der Waals surface area contributed by atoms with Gasteiger partial charge in [-0.2, -0.15) is 5.26 Å². The van der Waals surface area contributed by atoms with Gasteiger partial charge in [0, 0.05) is 30.8 Å². The molecule has 1 aromatic carbocycles. The van der Waals surface area contributed by atoms with Crippen LogP contribution in [0.1, 0.15) is 24.8 Å². The summed E-state index contributed by atoms with van der Waals surface area (Å²) in [5, 5.41) is 19.7. The summed E-state index contributed by atoms with van der Waals surface area (Å²) in [7, 11) is 0. The first kappa shape index (κ1) is 14.6. The van der Waals surface area contributed by atoms with E-state index < -0.39 is 0 Å². The normalized spacial score (nSPS) is 29.4. The van der Waals surface area contributed by atoms with E-state index in [1.54, 1.807) is 6.07 Å². The van der Waals surface area contributed by atoms with Crippen molar-refractivity contribution in [1.29, 1.82) is 5.26 Å². The summed E-state index contributed by atoms with van der Waals surface area (Å²) in [4.78, 5) is 2.30. The fourth-order valence-corrected chi connectivity index (χ4v) is 3.66. The monoisotopic (exact) mass is 306 g/mol. The van der Waals surface area contributed by atoms with E-state index in [9.17, 15) is 5.11 Å². The molecule has 3 unspecified atom stereocenters. The van der Waals surface area contributed by atoms with Crippen molar-refractivity contribution in [3.63, 3.8) is 0 Å². The second-order valence-electron chi connectivity index (χ2n) is 5.77. The Hall–Kier alpha value is -1.28. The number of hydrogen-bond acceptors (Lipinski definition) is 4. The molecule has 112 valence electrons. The van der Waals surface area contributed by atoms with Crippen LogP contribution in [0, 0.1) is 17.2 Å². The van der Waals surface area contributed by atoms with Crippen LogP contribution in [0.4, 0.5) is 5.69 Å². The zero-order valence-electron chi connectivity index (χ0n) is 11.8. The predicted molar refractivity (Wildman–Crippen MR) is 81.5 cm³/mol. The van der Waals surface area contributed by atoms with Gasteiger partial charge in [0.05, 0.1) is 23.3 Å². The summed E-state index contributed by atoms with van der Waals surface area (Å²) in [5.74, 6) is 0.149. The number of anilines is 1. The maximum absolute atomic E-state index is 10.3. The number of benzene rings is 1. The topological polar surface area (TPSA) is 56.5 Å². The summed E-state index contributed by atoms with van der Waals surface area (Å²) in [5.41, 5.74) is 1.52. The molecule has 0 radical (unpaired) electrons. The molecule has 1 N–H and O–H groups in total. The molecule has 21 heavy (non-hydrogen) atoms. The average molecular weight is 307 g/mol. The predicted octanol–water partition coefficient (Wildman–Crippen LogP) is 2.58. The van der Waals surface area contributed by atoms with Gasteiger partial charge in [-0.15, -0.1) is 0 Å². The Balaban J connectivity index is 1.83. The average Bonchev–Trinajstić information content (AvgIpc) is 2.97. The molecule has 0 aliphatic carbocycles.